The molecule has 0 aliphatic rings. The molecular weight excluding hydrogens is 320 g/mol. The van der Waals surface area contributed by atoms with Gasteiger partial charge in [0.1, 0.15) is 11.6 Å². The second kappa shape index (κ2) is 7.56. The molecule has 0 radical (unpaired) electrons. The molecule has 0 spiro atoms. The summed E-state index contributed by atoms with van der Waals surface area (Å²) >= 11 is 0. The van der Waals surface area contributed by atoms with Gasteiger partial charge in [0, 0.05) is 23.2 Å². The van der Waals surface area contributed by atoms with Gasteiger partial charge in [-0.1, -0.05) is 60.7 Å². The highest BCUT2D eigenvalue weighted by Crippen LogP contribution is 2.25. The van der Waals surface area contributed by atoms with Gasteiger partial charge < -0.3 is 10.6 Å². The maximum Gasteiger partial charge on any atom is 0.163 e. The van der Waals surface area contributed by atoms with Crippen molar-refractivity contribution in [2.24, 2.45) is 0 Å². The molecule has 26 heavy (non-hydrogen) atoms. The predicted molar refractivity (Wildman–Crippen MR) is 109 cm³/mol. The van der Waals surface area contributed by atoms with E-state index >= 15 is 0 Å². The second-order valence-corrected chi connectivity index (χ2v) is 7.48. The molecule has 1 atom stereocenters. The maximum atomic E-state index is 4.74. The molecule has 4 nitrogen and oxygen atoms in total. The van der Waals surface area contributed by atoms with Crippen molar-refractivity contribution in [3.8, 4) is 11.4 Å². The van der Waals surface area contributed by atoms with Gasteiger partial charge in [-0.05, 0) is 33.3 Å². The smallest absolute Gasteiger partial charge is 0.163 e. The first-order valence-electron chi connectivity index (χ1n) is 8.95. The van der Waals surface area contributed by atoms with Gasteiger partial charge in [0.05, 0.1) is 0 Å². The van der Waals surface area contributed by atoms with Gasteiger partial charge in [-0.25, -0.2) is 9.97 Å². The third-order valence-corrected chi connectivity index (χ3v) is 3.93. The first kappa shape index (κ1) is 17.9. The summed E-state index contributed by atoms with van der Waals surface area (Å²) in [5.74, 6) is 2.33. The van der Waals surface area contributed by atoms with Crippen molar-refractivity contribution in [2.45, 2.75) is 39.3 Å². The van der Waals surface area contributed by atoms with E-state index in [4.69, 9.17) is 9.97 Å². The Labute approximate surface area is 155 Å². The Balaban J connectivity index is 1.94. The van der Waals surface area contributed by atoms with Crippen LogP contribution in [0.2, 0.25) is 0 Å². The third kappa shape index (κ3) is 4.82. The van der Waals surface area contributed by atoms with Crippen LogP contribution in [0.1, 0.15) is 39.3 Å². The first-order valence-corrected chi connectivity index (χ1v) is 8.95. The van der Waals surface area contributed by atoms with Crippen molar-refractivity contribution in [3.63, 3.8) is 0 Å². The molecule has 3 aromatic rings. The van der Waals surface area contributed by atoms with Crippen molar-refractivity contribution in [2.75, 3.05) is 10.6 Å². The van der Waals surface area contributed by atoms with E-state index in [1.165, 1.54) is 5.56 Å². The summed E-state index contributed by atoms with van der Waals surface area (Å²) in [7, 11) is 0. The summed E-state index contributed by atoms with van der Waals surface area (Å²) in [5.41, 5.74) is 2.14. The number of aromatic nitrogens is 2. The molecule has 1 unspecified atom stereocenters. The van der Waals surface area contributed by atoms with Crippen molar-refractivity contribution >= 4 is 11.6 Å². The number of hydrogen-bond acceptors (Lipinski definition) is 4. The molecule has 0 saturated heterocycles. The third-order valence-electron chi connectivity index (χ3n) is 3.93. The number of hydrogen-bond donors (Lipinski definition) is 2. The Hall–Kier alpha value is -2.88. The van der Waals surface area contributed by atoms with E-state index in [9.17, 15) is 0 Å². The molecule has 1 heterocycles. The van der Waals surface area contributed by atoms with Crippen LogP contribution in [0.15, 0.2) is 66.7 Å². The predicted octanol–water partition coefficient (Wildman–Crippen LogP) is 5.53. The SMILES string of the molecule is CC(Nc1cc(NC(C)(C)C)nc(-c2ccccc2)n1)c1ccccc1. The molecule has 0 bridgehead atoms. The molecule has 4 heteroatoms. The fourth-order valence-electron chi connectivity index (χ4n) is 2.73. The van der Waals surface area contributed by atoms with Gasteiger partial charge in [-0.2, -0.15) is 0 Å². The summed E-state index contributed by atoms with van der Waals surface area (Å²) in [6.07, 6.45) is 0. The number of rotatable bonds is 5. The zero-order valence-electron chi connectivity index (χ0n) is 15.8. The fourth-order valence-corrected chi connectivity index (χ4v) is 2.73. The lowest BCUT2D eigenvalue weighted by Gasteiger charge is -2.23. The van der Waals surface area contributed by atoms with Gasteiger partial charge in [0.15, 0.2) is 5.82 Å². The van der Waals surface area contributed by atoms with E-state index in [2.05, 4.69) is 62.6 Å². The second-order valence-electron chi connectivity index (χ2n) is 7.48. The zero-order valence-corrected chi connectivity index (χ0v) is 15.8. The van der Waals surface area contributed by atoms with E-state index < -0.39 is 0 Å². The van der Waals surface area contributed by atoms with E-state index in [1.807, 2.05) is 42.5 Å². The number of benzene rings is 2. The molecule has 2 aromatic carbocycles. The summed E-state index contributed by atoms with van der Waals surface area (Å²) < 4.78 is 0. The largest absolute Gasteiger partial charge is 0.365 e. The standard InChI is InChI=1S/C22H26N4/c1-16(17-11-7-5-8-12-17)23-19-15-20(26-22(2,3)4)25-21(24-19)18-13-9-6-10-14-18/h5-16H,1-4H3,(H2,23,24,25,26). The monoisotopic (exact) mass is 346 g/mol. The van der Waals surface area contributed by atoms with Gasteiger partial charge >= 0.3 is 0 Å². The summed E-state index contributed by atoms with van der Waals surface area (Å²) in [4.78, 5) is 9.44. The van der Waals surface area contributed by atoms with Crippen molar-refractivity contribution in [1.29, 1.82) is 0 Å². The van der Waals surface area contributed by atoms with Gasteiger partial charge in [-0.15, -0.1) is 0 Å². The van der Waals surface area contributed by atoms with Gasteiger partial charge in [0.25, 0.3) is 0 Å². The average Bonchev–Trinajstić information content (AvgIpc) is 2.61. The lowest BCUT2D eigenvalue weighted by molar-refractivity contribution is 0.630. The zero-order chi connectivity index (χ0) is 18.6. The minimum atomic E-state index is -0.0787. The first-order chi connectivity index (χ1) is 12.4. The van der Waals surface area contributed by atoms with Crippen LogP contribution in [0, 0.1) is 0 Å². The number of nitrogens with zero attached hydrogens (tertiary/aromatic N) is 2. The van der Waals surface area contributed by atoms with E-state index in [0.29, 0.717) is 5.82 Å². The Morgan fingerprint density at radius 1 is 0.808 bits per heavy atom. The van der Waals surface area contributed by atoms with Crippen LogP contribution in [0.5, 0.6) is 0 Å². The maximum absolute atomic E-state index is 4.74. The summed E-state index contributed by atoms with van der Waals surface area (Å²) in [6, 6.07) is 22.5. The number of anilines is 2. The minimum Gasteiger partial charge on any atom is -0.365 e. The lowest BCUT2D eigenvalue weighted by atomic mass is 10.1. The molecule has 0 saturated carbocycles. The molecule has 0 aliphatic carbocycles. The van der Waals surface area contributed by atoms with Gasteiger partial charge in [-0.3, -0.25) is 0 Å². The Kier molecular flexibility index (Phi) is 5.21. The molecule has 0 aliphatic heterocycles. The molecular formula is C22H26N4. The highest BCUT2D eigenvalue weighted by Gasteiger charge is 2.14. The van der Waals surface area contributed by atoms with Crippen molar-refractivity contribution < 1.29 is 0 Å². The summed E-state index contributed by atoms with van der Waals surface area (Å²) in [6.45, 7) is 8.50. The highest BCUT2D eigenvalue weighted by molar-refractivity contribution is 5.61. The van der Waals surface area contributed by atoms with Crippen LogP contribution in [-0.2, 0) is 0 Å². The molecule has 3 rings (SSSR count). The van der Waals surface area contributed by atoms with E-state index in [-0.39, 0.29) is 11.6 Å². The Morgan fingerprint density at radius 3 is 2.00 bits per heavy atom. The molecule has 0 fully saturated rings. The fraction of sp³-hybridized carbons (Fsp3) is 0.273. The van der Waals surface area contributed by atoms with Crippen LogP contribution in [0.3, 0.4) is 0 Å². The van der Waals surface area contributed by atoms with Crippen LogP contribution in [-0.4, -0.2) is 15.5 Å². The minimum absolute atomic E-state index is 0.0787. The van der Waals surface area contributed by atoms with Crippen LogP contribution in [0.25, 0.3) is 11.4 Å². The molecule has 0 amide bonds. The van der Waals surface area contributed by atoms with Gasteiger partial charge in [0.2, 0.25) is 0 Å². The van der Waals surface area contributed by atoms with Crippen LogP contribution >= 0.6 is 0 Å². The average molecular weight is 346 g/mol. The van der Waals surface area contributed by atoms with Crippen LogP contribution in [0.4, 0.5) is 11.6 Å². The van der Waals surface area contributed by atoms with Crippen LogP contribution < -0.4 is 10.6 Å². The Bertz CT molecular complexity index is 839. The molecule has 2 N–H and O–H groups in total. The lowest BCUT2D eigenvalue weighted by Crippen LogP contribution is -2.27. The number of nitrogens with one attached hydrogen (secondary N) is 2. The highest BCUT2D eigenvalue weighted by atomic mass is 15.1. The van der Waals surface area contributed by atoms with E-state index in [0.717, 1.165) is 17.2 Å². The molecule has 134 valence electrons. The van der Waals surface area contributed by atoms with E-state index in [1.54, 1.807) is 0 Å². The molecule has 1 aromatic heterocycles. The van der Waals surface area contributed by atoms with Crippen molar-refractivity contribution in [1.82, 2.24) is 9.97 Å². The van der Waals surface area contributed by atoms with Crippen molar-refractivity contribution in [3.05, 3.63) is 72.3 Å². The Morgan fingerprint density at radius 2 is 1.38 bits per heavy atom. The quantitative estimate of drug-likeness (QED) is 0.638. The normalized spacial score (nSPS) is 12.5. The topological polar surface area (TPSA) is 49.8 Å². The summed E-state index contributed by atoms with van der Waals surface area (Å²) in [5, 5.41) is 6.96.